The van der Waals surface area contributed by atoms with Gasteiger partial charge in [0.15, 0.2) is 5.78 Å². The maximum atomic E-state index is 12.0. The van der Waals surface area contributed by atoms with Crippen LogP contribution < -0.4 is 5.32 Å². The second kappa shape index (κ2) is 5.87. The second-order valence-corrected chi connectivity index (χ2v) is 4.24. The molecule has 2 aromatic carbocycles. The van der Waals surface area contributed by atoms with Crippen molar-refractivity contribution in [3.8, 4) is 5.75 Å². The number of carbonyl (C=O) groups is 1. The van der Waals surface area contributed by atoms with E-state index < -0.39 is 0 Å². The van der Waals surface area contributed by atoms with Crippen LogP contribution in [0.5, 0.6) is 5.75 Å². The molecule has 0 radical (unpaired) electrons. The maximum absolute atomic E-state index is 12.0. The van der Waals surface area contributed by atoms with Gasteiger partial charge in [-0.1, -0.05) is 43.0 Å². The van der Waals surface area contributed by atoms with E-state index in [0.29, 0.717) is 16.9 Å². The lowest BCUT2D eigenvalue weighted by Crippen LogP contribution is -2.06. The van der Waals surface area contributed by atoms with Crippen molar-refractivity contribution >= 4 is 11.5 Å². The lowest BCUT2D eigenvalue weighted by Gasteiger charge is -2.09. The number of rotatable bonds is 5. The first-order chi connectivity index (χ1) is 9.15. The van der Waals surface area contributed by atoms with E-state index in [9.17, 15) is 9.90 Å². The Bertz CT molecular complexity index is 591. The van der Waals surface area contributed by atoms with E-state index in [1.165, 1.54) is 0 Å². The van der Waals surface area contributed by atoms with Crippen molar-refractivity contribution in [2.24, 2.45) is 0 Å². The number of hydrogen-bond donors (Lipinski definition) is 2. The minimum Gasteiger partial charge on any atom is -0.508 e. The van der Waals surface area contributed by atoms with Crippen LogP contribution in [0.25, 0.3) is 0 Å². The van der Waals surface area contributed by atoms with Crippen LogP contribution >= 0.6 is 0 Å². The lowest BCUT2D eigenvalue weighted by molar-refractivity contribution is 0.0993. The van der Waals surface area contributed by atoms with E-state index in [2.05, 4.69) is 11.9 Å². The normalized spacial score (nSPS) is 9.89. The molecule has 0 bridgehead atoms. The highest BCUT2D eigenvalue weighted by molar-refractivity contribution is 5.97. The summed E-state index contributed by atoms with van der Waals surface area (Å²) in [5, 5.41) is 12.4. The van der Waals surface area contributed by atoms with Crippen molar-refractivity contribution in [1.82, 2.24) is 0 Å². The topological polar surface area (TPSA) is 49.3 Å². The Morgan fingerprint density at radius 2 is 1.84 bits per heavy atom. The minimum absolute atomic E-state index is 0.0123. The lowest BCUT2D eigenvalue weighted by atomic mass is 10.1. The Morgan fingerprint density at radius 3 is 2.53 bits per heavy atom. The monoisotopic (exact) mass is 253 g/mol. The number of phenols is 1. The molecule has 0 spiro atoms. The Balaban J connectivity index is 1.97. The van der Waals surface area contributed by atoms with Gasteiger partial charge in [0, 0.05) is 23.0 Å². The fourth-order valence-corrected chi connectivity index (χ4v) is 1.75. The zero-order chi connectivity index (χ0) is 13.7. The van der Waals surface area contributed by atoms with Crippen molar-refractivity contribution in [3.63, 3.8) is 0 Å². The summed E-state index contributed by atoms with van der Waals surface area (Å²) in [6.07, 6.45) is 0.222. The number of hydrogen-bond acceptors (Lipinski definition) is 3. The van der Waals surface area contributed by atoms with Crippen LogP contribution in [-0.4, -0.2) is 10.9 Å². The Kier molecular flexibility index (Phi) is 3.98. The quantitative estimate of drug-likeness (QED) is 0.800. The van der Waals surface area contributed by atoms with Gasteiger partial charge in [0.1, 0.15) is 5.75 Å². The molecule has 96 valence electrons. The van der Waals surface area contributed by atoms with Gasteiger partial charge < -0.3 is 10.4 Å². The average molecular weight is 253 g/mol. The van der Waals surface area contributed by atoms with Crippen molar-refractivity contribution in [1.29, 1.82) is 0 Å². The number of nitrogens with one attached hydrogen (secondary N) is 1. The number of phenolic OH excluding ortho intramolecular Hbond substituents is 1. The van der Waals surface area contributed by atoms with Crippen molar-refractivity contribution in [2.75, 3.05) is 5.32 Å². The molecular formula is C16H15NO2. The molecule has 0 aliphatic carbocycles. The highest BCUT2D eigenvalue weighted by Gasteiger charge is 2.07. The first kappa shape index (κ1) is 12.9. The number of anilines is 1. The number of Topliss-reactive ketones (excluding diaryl/α,β-unsaturated/α-hetero) is 1. The van der Waals surface area contributed by atoms with E-state index >= 15 is 0 Å². The molecule has 0 aromatic heterocycles. The molecule has 2 aromatic rings. The molecule has 0 saturated carbocycles. The largest absolute Gasteiger partial charge is 0.508 e. The standard InChI is InChI=1S/C16H15NO2/c1-12(17-14-8-5-9-15(18)11-14)10-16(19)13-6-3-2-4-7-13/h2-9,11,17-18H,1,10H2. The van der Waals surface area contributed by atoms with E-state index in [-0.39, 0.29) is 18.0 Å². The van der Waals surface area contributed by atoms with Crippen molar-refractivity contribution in [3.05, 3.63) is 72.4 Å². The first-order valence-corrected chi connectivity index (χ1v) is 5.97. The highest BCUT2D eigenvalue weighted by Crippen LogP contribution is 2.18. The molecular weight excluding hydrogens is 238 g/mol. The summed E-state index contributed by atoms with van der Waals surface area (Å²) in [7, 11) is 0. The summed E-state index contributed by atoms with van der Waals surface area (Å²) in [5.74, 6) is 0.186. The fraction of sp³-hybridized carbons (Fsp3) is 0.0625. The van der Waals surface area contributed by atoms with Gasteiger partial charge >= 0.3 is 0 Å². The van der Waals surface area contributed by atoms with Crippen LogP contribution in [-0.2, 0) is 0 Å². The van der Waals surface area contributed by atoms with Crippen molar-refractivity contribution in [2.45, 2.75) is 6.42 Å². The third-order valence-corrected chi connectivity index (χ3v) is 2.64. The zero-order valence-electron chi connectivity index (χ0n) is 10.5. The molecule has 2 rings (SSSR count). The van der Waals surface area contributed by atoms with Gasteiger partial charge in [-0.15, -0.1) is 0 Å². The molecule has 3 nitrogen and oxygen atoms in total. The van der Waals surface area contributed by atoms with Gasteiger partial charge in [0.2, 0.25) is 0 Å². The summed E-state index contributed by atoms with van der Waals surface area (Å²) >= 11 is 0. The predicted molar refractivity (Wildman–Crippen MR) is 76.3 cm³/mol. The predicted octanol–water partition coefficient (Wildman–Crippen LogP) is 3.59. The summed E-state index contributed by atoms with van der Waals surface area (Å²) in [5.41, 5.74) is 1.98. The van der Waals surface area contributed by atoms with Crippen LogP contribution in [0.3, 0.4) is 0 Å². The van der Waals surface area contributed by atoms with Gasteiger partial charge in [0.25, 0.3) is 0 Å². The van der Waals surface area contributed by atoms with Crippen LogP contribution in [0.2, 0.25) is 0 Å². The number of ketones is 1. The van der Waals surface area contributed by atoms with Gasteiger partial charge in [-0.3, -0.25) is 4.79 Å². The fourth-order valence-electron chi connectivity index (χ4n) is 1.75. The molecule has 0 aliphatic rings. The number of allylic oxidation sites excluding steroid dienone is 1. The summed E-state index contributed by atoms with van der Waals surface area (Å²) < 4.78 is 0. The molecule has 19 heavy (non-hydrogen) atoms. The average Bonchev–Trinajstić information content (AvgIpc) is 2.39. The van der Waals surface area contributed by atoms with E-state index in [1.54, 1.807) is 36.4 Å². The highest BCUT2D eigenvalue weighted by atomic mass is 16.3. The second-order valence-electron chi connectivity index (χ2n) is 4.24. The van der Waals surface area contributed by atoms with Crippen LogP contribution in [0.15, 0.2) is 66.9 Å². The van der Waals surface area contributed by atoms with Gasteiger partial charge in [0.05, 0.1) is 6.42 Å². The third kappa shape index (κ3) is 3.71. The summed E-state index contributed by atoms with van der Waals surface area (Å²) in [6, 6.07) is 15.8. The molecule has 0 unspecified atom stereocenters. The minimum atomic E-state index is 0.0123. The third-order valence-electron chi connectivity index (χ3n) is 2.64. The molecule has 0 saturated heterocycles. The Hall–Kier alpha value is -2.55. The molecule has 0 atom stereocenters. The first-order valence-electron chi connectivity index (χ1n) is 5.97. The summed E-state index contributed by atoms with van der Waals surface area (Å²) in [6.45, 7) is 3.83. The molecule has 2 N–H and O–H groups in total. The van der Waals surface area contributed by atoms with Crippen LogP contribution in [0.4, 0.5) is 5.69 Å². The molecule has 0 heterocycles. The zero-order valence-corrected chi connectivity index (χ0v) is 10.5. The number of carbonyl (C=O) groups excluding carboxylic acids is 1. The molecule has 3 heteroatoms. The van der Waals surface area contributed by atoms with Crippen molar-refractivity contribution < 1.29 is 9.90 Å². The molecule has 0 amide bonds. The smallest absolute Gasteiger partial charge is 0.168 e. The SMILES string of the molecule is C=C(CC(=O)c1ccccc1)Nc1cccc(O)c1. The summed E-state index contributed by atoms with van der Waals surface area (Å²) in [4.78, 5) is 12.0. The Labute approximate surface area is 112 Å². The molecule has 0 aliphatic heterocycles. The van der Waals surface area contributed by atoms with E-state index in [4.69, 9.17) is 0 Å². The van der Waals surface area contributed by atoms with Crippen LogP contribution in [0.1, 0.15) is 16.8 Å². The van der Waals surface area contributed by atoms with Gasteiger partial charge in [-0.05, 0) is 12.1 Å². The number of aromatic hydroxyl groups is 1. The van der Waals surface area contributed by atoms with E-state index in [0.717, 1.165) is 0 Å². The maximum Gasteiger partial charge on any atom is 0.168 e. The van der Waals surface area contributed by atoms with E-state index in [1.807, 2.05) is 18.2 Å². The van der Waals surface area contributed by atoms with Gasteiger partial charge in [-0.2, -0.15) is 0 Å². The Morgan fingerprint density at radius 1 is 1.11 bits per heavy atom. The van der Waals surface area contributed by atoms with Gasteiger partial charge in [-0.25, -0.2) is 0 Å². The number of benzene rings is 2. The van der Waals surface area contributed by atoms with Crippen LogP contribution in [0, 0.1) is 0 Å². The molecule has 0 fully saturated rings.